The van der Waals surface area contributed by atoms with Crippen LogP contribution in [0.3, 0.4) is 0 Å². The van der Waals surface area contributed by atoms with Gasteiger partial charge in [-0.3, -0.25) is 9.78 Å². The summed E-state index contributed by atoms with van der Waals surface area (Å²) < 4.78 is 0. The minimum Gasteiger partial charge on any atom is -0.347 e. The van der Waals surface area contributed by atoms with E-state index in [1.165, 1.54) is 0 Å². The molecule has 0 spiro atoms. The van der Waals surface area contributed by atoms with Gasteiger partial charge in [0.15, 0.2) is 0 Å². The molecule has 0 radical (unpaired) electrons. The number of rotatable bonds is 3. The predicted molar refractivity (Wildman–Crippen MR) is 71.5 cm³/mol. The topological polar surface area (TPSA) is 70.7 Å². The Morgan fingerprint density at radius 1 is 1.16 bits per heavy atom. The maximum absolute atomic E-state index is 11.9. The summed E-state index contributed by atoms with van der Waals surface area (Å²) in [6.07, 6.45) is 5.16. The molecule has 3 aromatic rings. The zero-order valence-electron chi connectivity index (χ0n) is 10.1. The molecule has 0 aromatic carbocycles. The van der Waals surface area contributed by atoms with Gasteiger partial charge in [0.1, 0.15) is 11.3 Å². The molecular formula is C14H12N4O. The highest BCUT2D eigenvalue weighted by Crippen LogP contribution is 2.14. The molecule has 0 saturated carbocycles. The van der Waals surface area contributed by atoms with E-state index < -0.39 is 0 Å². The molecule has 0 bridgehead atoms. The number of amides is 1. The van der Waals surface area contributed by atoms with Gasteiger partial charge in [-0.15, -0.1) is 0 Å². The molecule has 5 nitrogen and oxygen atoms in total. The van der Waals surface area contributed by atoms with Gasteiger partial charge in [-0.05, 0) is 29.8 Å². The third-order valence-corrected chi connectivity index (χ3v) is 2.89. The van der Waals surface area contributed by atoms with Crippen LogP contribution < -0.4 is 5.32 Å². The summed E-state index contributed by atoms with van der Waals surface area (Å²) in [5.41, 5.74) is 2.27. The van der Waals surface area contributed by atoms with Crippen LogP contribution >= 0.6 is 0 Å². The molecule has 1 amide bonds. The monoisotopic (exact) mass is 252 g/mol. The molecule has 19 heavy (non-hydrogen) atoms. The van der Waals surface area contributed by atoms with Crippen molar-refractivity contribution < 1.29 is 4.79 Å². The van der Waals surface area contributed by atoms with Gasteiger partial charge in [-0.1, -0.05) is 6.07 Å². The zero-order chi connectivity index (χ0) is 13.1. The number of carbonyl (C=O) groups excluding carboxylic acids is 1. The average molecular weight is 252 g/mol. The standard InChI is InChI=1S/C14H12N4O/c19-14(12-3-1-2-6-15-12)18-9-10-4-7-16-13-11(10)5-8-17-13/h1-8H,9H2,(H,16,17)(H,18,19). The second kappa shape index (κ2) is 4.89. The molecule has 94 valence electrons. The highest BCUT2D eigenvalue weighted by Gasteiger charge is 2.07. The minimum atomic E-state index is -0.180. The van der Waals surface area contributed by atoms with Crippen molar-refractivity contribution in [2.45, 2.75) is 6.54 Å². The number of hydrogen-bond acceptors (Lipinski definition) is 3. The Hall–Kier alpha value is -2.69. The van der Waals surface area contributed by atoms with Crippen LogP contribution in [0.4, 0.5) is 0 Å². The van der Waals surface area contributed by atoms with Crippen LogP contribution in [0.5, 0.6) is 0 Å². The lowest BCUT2D eigenvalue weighted by Crippen LogP contribution is -2.23. The second-order valence-corrected chi connectivity index (χ2v) is 4.11. The van der Waals surface area contributed by atoms with Crippen molar-refractivity contribution in [1.29, 1.82) is 0 Å². The molecule has 0 atom stereocenters. The number of pyridine rings is 2. The Morgan fingerprint density at radius 3 is 2.95 bits per heavy atom. The summed E-state index contributed by atoms with van der Waals surface area (Å²) in [4.78, 5) is 23.2. The van der Waals surface area contributed by atoms with Gasteiger partial charge in [0.2, 0.25) is 0 Å². The highest BCUT2D eigenvalue weighted by atomic mass is 16.1. The number of aromatic nitrogens is 3. The van der Waals surface area contributed by atoms with E-state index in [2.05, 4.69) is 20.3 Å². The Bertz CT molecular complexity index is 706. The van der Waals surface area contributed by atoms with E-state index in [0.717, 1.165) is 16.6 Å². The van der Waals surface area contributed by atoms with E-state index in [1.807, 2.05) is 18.3 Å². The highest BCUT2D eigenvalue weighted by molar-refractivity contribution is 5.92. The molecule has 3 aromatic heterocycles. The fraction of sp³-hybridized carbons (Fsp3) is 0.0714. The summed E-state index contributed by atoms with van der Waals surface area (Å²) in [7, 11) is 0. The Balaban J connectivity index is 1.76. The quantitative estimate of drug-likeness (QED) is 0.747. The van der Waals surface area contributed by atoms with Crippen LogP contribution in [0.2, 0.25) is 0 Å². The van der Waals surface area contributed by atoms with Crippen molar-refractivity contribution >= 4 is 16.9 Å². The molecular weight excluding hydrogens is 240 g/mol. The van der Waals surface area contributed by atoms with Crippen molar-refractivity contribution in [2.24, 2.45) is 0 Å². The molecule has 0 aliphatic heterocycles. The number of nitrogens with one attached hydrogen (secondary N) is 2. The molecule has 5 heteroatoms. The number of nitrogens with zero attached hydrogens (tertiary/aromatic N) is 2. The van der Waals surface area contributed by atoms with Crippen LogP contribution in [0.25, 0.3) is 11.0 Å². The van der Waals surface area contributed by atoms with Crippen LogP contribution in [-0.2, 0) is 6.54 Å². The number of fused-ring (bicyclic) bond motifs is 1. The summed E-state index contributed by atoms with van der Waals surface area (Å²) in [6.45, 7) is 0.451. The SMILES string of the molecule is O=C(NCc1ccnc2[nH]ccc12)c1ccccn1. The predicted octanol–water partition coefficient (Wildman–Crippen LogP) is 1.89. The van der Waals surface area contributed by atoms with E-state index in [1.54, 1.807) is 30.6 Å². The van der Waals surface area contributed by atoms with Gasteiger partial charge in [-0.2, -0.15) is 0 Å². The first kappa shape index (κ1) is 11.4. The summed E-state index contributed by atoms with van der Waals surface area (Å²) in [6, 6.07) is 9.11. The minimum absolute atomic E-state index is 0.180. The largest absolute Gasteiger partial charge is 0.347 e. The maximum Gasteiger partial charge on any atom is 0.270 e. The molecule has 0 unspecified atom stereocenters. The van der Waals surface area contributed by atoms with Gasteiger partial charge in [0.05, 0.1) is 0 Å². The lowest BCUT2D eigenvalue weighted by molar-refractivity contribution is 0.0946. The molecule has 0 aliphatic carbocycles. The van der Waals surface area contributed by atoms with Gasteiger partial charge < -0.3 is 10.3 Å². The summed E-state index contributed by atoms with van der Waals surface area (Å²) in [5.74, 6) is -0.180. The second-order valence-electron chi connectivity index (χ2n) is 4.11. The first-order chi connectivity index (χ1) is 9.34. The molecule has 0 saturated heterocycles. The molecule has 0 aliphatic rings. The smallest absolute Gasteiger partial charge is 0.270 e. The fourth-order valence-corrected chi connectivity index (χ4v) is 1.94. The first-order valence-corrected chi connectivity index (χ1v) is 5.95. The average Bonchev–Trinajstić information content (AvgIpc) is 2.94. The lowest BCUT2D eigenvalue weighted by atomic mass is 10.2. The van der Waals surface area contributed by atoms with Gasteiger partial charge >= 0.3 is 0 Å². The Morgan fingerprint density at radius 2 is 2.11 bits per heavy atom. The normalized spacial score (nSPS) is 10.5. The van der Waals surface area contributed by atoms with E-state index in [4.69, 9.17) is 0 Å². The van der Waals surface area contributed by atoms with Gasteiger partial charge in [0.25, 0.3) is 5.91 Å². The van der Waals surface area contributed by atoms with Crippen molar-refractivity contribution in [3.8, 4) is 0 Å². The van der Waals surface area contributed by atoms with Crippen molar-refractivity contribution in [3.05, 3.63) is 60.2 Å². The van der Waals surface area contributed by atoms with E-state index >= 15 is 0 Å². The number of H-pyrrole nitrogens is 1. The first-order valence-electron chi connectivity index (χ1n) is 5.95. The van der Waals surface area contributed by atoms with Crippen LogP contribution in [-0.4, -0.2) is 20.9 Å². The molecule has 0 fully saturated rings. The zero-order valence-corrected chi connectivity index (χ0v) is 10.1. The summed E-state index contributed by atoms with van der Waals surface area (Å²) in [5, 5.41) is 3.87. The van der Waals surface area contributed by atoms with Crippen molar-refractivity contribution in [1.82, 2.24) is 20.3 Å². The van der Waals surface area contributed by atoms with E-state index in [9.17, 15) is 4.79 Å². The van der Waals surface area contributed by atoms with Crippen LogP contribution in [0, 0.1) is 0 Å². The molecule has 3 heterocycles. The summed E-state index contributed by atoms with van der Waals surface area (Å²) >= 11 is 0. The van der Waals surface area contributed by atoms with Gasteiger partial charge in [-0.25, -0.2) is 4.98 Å². The Kier molecular flexibility index (Phi) is 2.94. The number of carbonyl (C=O) groups is 1. The van der Waals surface area contributed by atoms with E-state index in [0.29, 0.717) is 12.2 Å². The number of hydrogen-bond donors (Lipinski definition) is 2. The van der Waals surface area contributed by atoms with Crippen molar-refractivity contribution in [2.75, 3.05) is 0 Å². The Labute approximate surface area is 109 Å². The third-order valence-electron chi connectivity index (χ3n) is 2.89. The third kappa shape index (κ3) is 2.30. The number of aromatic amines is 1. The van der Waals surface area contributed by atoms with Gasteiger partial charge in [0, 0.05) is 30.5 Å². The fourth-order valence-electron chi connectivity index (χ4n) is 1.94. The van der Waals surface area contributed by atoms with E-state index in [-0.39, 0.29) is 5.91 Å². The maximum atomic E-state index is 11.9. The molecule has 2 N–H and O–H groups in total. The lowest BCUT2D eigenvalue weighted by Gasteiger charge is -2.05. The molecule has 3 rings (SSSR count). The van der Waals surface area contributed by atoms with Crippen LogP contribution in [0.1, 0.15) is 16.1 Å². The van der Waals surface area contributed by atoms with Crippen LogP contribution in [0.15, 0.2) is 48.9 Å². The van der Waals surface area contributed by atoms with Crippen molar-refractivity contribution in [3.63, 3.8) is 0 Å².